The van der Waals surface area contributed by atoms with E-state index in [-0.39, 0.29) is 0 Å². The lowest BCUT2D eigenvalue weighted by Crippen LogP contribution is -2.43. The minimum Gasteiger partial charge on any atom is -0.307 e. The van der Waals surface area contributed by atoms with E-state index in [2.05, 4.69) is 41.6 Å². The van der Waals surface area contributed by atoms with Crippen LogP contribution < -0.4 is 5.32 Å². The molecule has 0 aliphatic heterocycles. The first-order chi connectivity index (χ1) is 9.75. The molecule has 1 aliphatic carbocycles. The molecular weight excluding hydrogens is 246 g/mol. The van der Waals surface area contributed by atoms with E-state index in [1.165, 1.54) is 37.7 Å². The van der Waals surface area contributed by atoms with Crippen molar-refractivity contribution in [2.24, 2.45) is 0 Å². The van der Waals surface area contributed by atoms with Crippen LogP contribution >= 0.6 is 0 Å². The lowest BCUT2D eigenvalue weighted by atomic mass is 9.83. The quantitative estimate of drug-likeness (QED) is 0.917. The van der Waals surface area contributed by atoms with E-state index in [0.717, 1.165) is 12.2 Å². The van der Waals surface area contributed by atoms with Crippen molar-refractivity contribution in [2.75, 3.05) is 0 Å². The Morgan fingerprint density at radius 2 is 1.90 bits per heavy atom. The van der Waals surface area contributed by atoms with Crippen LogP contribution in [0.2, 0.25) is 0 Å². The maximum absolute atomic E-state index is 4.25. The Bertz CT molecular complexity index is 522. The van der Waals surface area contributed by atoms with E-state index in [1.807, 2.05) is 16.9 Å². The smallest absolute Gasteiger partial charge is 0.0645 e. The highest BCUT2D eigenvalue weighted by Gasteiger charge is 2.25. The first-order valence-corrected chi connectivity index (χ1v) is 7.59. The number of hydrogen-bond donors (Lipinski definition) is 1. The van der Waals surface area contributed by atoms with Gasteiger partial charge < -0.3 is 5.32 Å². The highest BCUT2D eigenvalue weighted by atomic mass is 15.3. The molecule has 3 rings (SSSR count). The van der Waals surface area contributed by atoms with Gasteiger partial charge >= 0.3 is 0 Å². The third-order valence-electron chi connectivity index (χ3n) is 4.38. The topological polar surface area (TPSA) is 29.9 Å². The summed E-state index contributed by atoms with van der Waals surface area (Å²) in [5.74, 6) is 0. The van der Waals surface area contributed by atoms with Crippen LogP contribution in [0.5, 0.6) is 0 Å². The number of benzene rings is 1. The molecule has 1 N–H and O–H groups in total. The SMILES string of the molecule is CC1(NCc2ccc(-n3cccn3)cc2)CCCCC1. The summed E-state index contributed by atoms with van der Waals surface area (Å²) in [5.41, 5.74) is 2.79. The average Bonchev–Trinajstić information content (AvgIpc) is 3.01. The fourth-order valence-corrected chi connectivity index (χ4v) is 3.01. The number of hydrogen-bond acceptors (Lipinski definition) is 2. The lowest BCUT2D eigenvalue weighted by molar-refractivity contribution is 0.252. The molecule has 0 saturated heterocycles. The van der Waals surface area contributed by atoms with Gasteiger partial charge in [0.15, 0.2) is 0 Å². The van der Waals surface area contributed by atoms with Gasteiger partial charge in [0.1, 0.15) is 0 Å². The van der Waals surface area contributed by atoms with Crippen molar-refractivity contribution in [1.29, 1.82) is 0 Å². The molecule has 20 heavy (non-hydrogen) atoms. The molecule has 106 valence electrons. The van der Waals surface area contributed by atoms with E-state index in [0.29, 0.717) is 5.54 Å². The van der Waals surface area contributed by atoms with Crippen molar-refractivity contribution in [3.63, 3.8) is 0 Å². The molecule has 1 aliphatic rings. The first-order valence-electron chi connectivity index (χ1n) is 7.59. The Hall–Kier alpha value is -1.61. The number of nitrogens with zero attached hydrogens (tertiary/aromatic N) is 2. The van der Waals surface area contributed by atoms with E-state index < -0.39 is 0 Å². The second kappa shape index (κ2) is 5.80. The van der Waals surface area contributed by atoms with Gasteiger partial charge in [-0.15, -0.1) is 0 Å². The highest BCUT2D eigenvalue weighted by Crippen LogP contribution is 2.27. The maximum atomic E-state index is 4.25. The van der Waals surface area contributed by atoms with Gasteiger partial charge in [0.05, 0.1) is 5.69 Å². The molecule has 3 heteroatoms. The van der Waals surface area contributed by atoms with Gasteiger partial charge in [-0.3, -0.25) is 0 Å². The molecule has 1 fully saturated rings. The Kier molecular flexibility index (Phi) is 3.88. The predicted octanol–water partition coefficient (Wildman–Crippen LogP) is 3.68. The van der Waals surface area contributed by atoms with Crippen molar-refractivity contribution >= 4 is 0 Å². The van der Waals surface area contributed by atoms with Crippen molar-refractivity contribution in [3.8, 4) is 5.69 Å². The minimum atomic E-state index is 0.332. The molecule has 0 atom stereocenters. The average molecular weight is 269 g/mol. The first kappa shape index (κ1) is 13.4. The summed E-state index contributed by atoms with van der Waals surface area (Å²) in [7, 11) is 0. The van der Waals surface area contributed by atoms with Crippen molar-refractivity contribution < 1.29 is 0 Å². The second-order valence-electron chi connectivity index (χ2n) is 6.09. The van der Waals surface area contributed by atoms with Crippen LogP contribution in [-0.4, -0.2) is 15.3 Å². The lowest BCUT2D eigenvalue weighted by Gasteiger charge is -2.34. The number of nitrogens with one attached hydrogen (secondary N) is 1. The zero-order chi connectivity index (χ0) is 13.8. The molecular formula is C17H23N3. The summed E-state index contributed by atoms with van der Waals surface area (Å²) in [4.78, 5) is 0. The summed E-state index contributed by atoms with van der Waals surface area (Å²) in [5, 5.41) is 7.99. The van der Waals surface area contributed by atoms with Crippen LogP contribution in [0.4, 0.5) is 0 Å². The van der Waals surface area contributed by atoms with Gasteiger partial charge in [0.2, 0.25) is 0 Å². The summed E-state index contributed by atoms with van der Waals surface area (Å²) in [6, 6.07) is 10.6. The predicted molar refractivity (Wildman–Crippen MR) is 81.9 cm³/mol. The van der Waals surface area contributed by atoms with Gasteiger partial charge in [-0.2, -0.15) is 5.10 Å². The summed E-state index contributed by atoms with van der Waals surface area (Å²) in [6.45, 7) is 3.32. The Morgan fingerprint density at radius 1 is 1.15 bits per heavy atom. The number of rotatable bonds is 4. The van der Waals surface area contributed by atoms with E-state index in [4.69, 9.17) is 0 Å². The van der Waals surface area contributed by atoms with Crippen molar-refractivity contribution in [3.05, 3.63) is 48.3 Å². The summed E-state index contributed by atoms with van der Waals surface area (Å²) < 4.78 is 1.89. The number of aromatic nitrogens is 2. The summed E-state index contributed by atoms with van der Waals surface area (Å²) >= 11 is 0. The van der Waals surface area contributed by atoms with E-state index in [9.17, 15) is 0 Å². The molecule has 1 aromatic carbocycles. The van der Waals surface area contributed by atoms with Crippen molar-refractivity contribution in [2.45, 2.75) is 51.1 Å². The van der Waals surface area contributed by atoms with Gasteiger partial charge in [-0.1, -0.05) is 31.4 Å². The maximum Gasteiger partial charge on any atom is 0.0645 e. The highest BCUT2D eigenvalue weighted by molar-refractivity contribution is 5.33. The second-order valence-corrected chi connectivity index (χ2v) is 6.09. The van der Waals surface area contributed by atoms with Gasteiger partial charge in [-0.05, 0) is 43.5 Å². The van der Waals surface area contributed by atoms with Gasteiger partial charge in [0, 0.05) is 24.5 Å². The van der Waals surface area contributed by atoms with Crippen LogP contribution in [-0.2, 0) is 6.54 Å². The van der Waals surface area contributed by atoms with Crippen LogP contribution in [0, 0.1) is 0 Å². The van der Waals surface area contributed by atoms with Crippen LogP contribution in [0.15, 0.2) is 42.7 Å². The zero-order valence-electron chi connectivity index (χ0n) is 12.2. The Balaban J connectivity index is 1.61. The Morgan fingerprint density at radius 3 is 2.55 bits per heavy atom. The third kappa shape index (κ3) is 3.10. The van der Waals surface area contributed by atoms with Gasteiger partial charge in [0.25, 0.3) is 0 Å². The molecule has 0 bridgehead atoms. The van der Waals surface area contributed by atoms with Crippen LogP contribution in [0.1, 0.15) is 44.6 Å². The largest absolute Gasteiger partial charge is 0.307 e. The molecule has 1 saturated carbocycles. The monoisotopic (exact) mass is 269 g/mol. The van der Waals surface area contributed by atoms with Crippen LogP contribution in [0.25, 0.3) is 5.69 Å². The molecule has 1 heterocycles. The Labute approximate surface area is 121 Å². The zero-order valence-corrected chi connectivity index (χ0v) is 12.2. The summed E-state index contributed by atoms with van der Waals surface area (Å²) in [6.07, 6.45) is 10.5. The molecule has 3 nitrogen and oxygen atoms in total. The van der Waals surface area contributed by atoms with Gasteiger partial charge in [-0.25, -0.2) is 4.68 Å². The van der Waals surface area contributed by atoms with Crippen LogP contribution in [0.3, 0.4) is 0 Å². The molecule has 0 radical (unpaired) electrons. The van der Waals surface area contributed by atoms with E-state index >= 15 is 0 Å². The fourth-order valence-electron chi connectivity index (χ4n) is 3.01. The van der Waals surface area contributed by atoms with Crippen molar-refractivity contribution in [1.82, 2.24) is 15.1 Å². The standard InChI is InChI=1S/C17H23N3/c1-17(10-3-2-4-11-17)18-14-15-6-8-16(9-7-15)20-13-5-12-19-20/h5-9,12-13,18H,2-4,10-11,14H2,1H3. The molecule has 0 amide bonds. The third-order valence-corrected chi connectivity index (χ3v) is 4.38. The fraction of sp³-hybridized carbons (Fsp3) is 0.471. The minimum absolute atomic E-state index is 0.332. The molecule has 0 spiro atoms. The molecule has 0 unspecified atom stereocenters. The molecule has 1 aromatic heterocycles. The normalized spacial score (nSPS) is 18.1. The van der Waals surface area contributed by atoms with E-state index in [1.54, 1.807) is 6.20 Å². The molecule has 2 aromatic rings.